The second-order valence-electron chi connectivity index (χ2n) is 11.9. The molecule has 200 valence electrons. The van der Waals surface area contributed by atoms with Crippen molar-refractivity contribution in [1.29, 1.82) is 0 Å². The van der Waals surface area contributed by atoms with Gasteiger partial charge in [-0.05, 0) is 55.7 Å². The largest absolute Gasteiger partial charge is 0.360 e. The zero-order valence-corrected chi connectivity index (χ0v) is 22.2. The van der Waals surface area contributed by atoms with Crippen LogP contribution in [-0.2, 0) is 4.79 Å². The average molecular weight is 527 g/mol. The summed E-state index contributed by atoms with van der Waals surface area (Å²) in [5.41, 5.74) is 3.49. The van der Waals surface area contributed by atoms with Gasteiger partial charge in [0, 0.05) is 35.4 Å². The summed E-state index contributed by atoms with van der Waals surface area (Å²) in [6.45, 7) is 11.9. The Morgan fingerprint density at radius 2 is 1.92 bits per heavy atom. The molecular formula is C30H31FN6O2. The minimum absolute atomic E-state index is 0.0460. The Morgan fingerprint density at radius 3 is 2.69 bits per heavy atom. The second-order valence-corrected chi connectivity index (χ2v) is 11.9. The number of H-pyrrole nitrogens is 2. The van der Waals surface area contributed by atoms with E-state index in [4.69, 9.17) is 4.98 Å². The molecule has 2 saturated heterocycles. The van der Waals surface area contributed by atoms with Crippen LogP contribution in [0, 0.1) is 17.2 Å². The van der Waals surface area contributed by atoms with E-state index in [1.165, 1.54) is 12.1 Å². The predicted octanol–water partition coefficient (Wildman–Crippen LogP) is 4.28. The third-order valence-electron chi connectivity index (χ3n) is 9.32. The van der Waals surface area contributed by atoms with Gasteiger partial charge < -0.3 is 25.1 Å². The van der Waals surface area contributed by atoms with Gasteiger partial charge in [-0.2, -0.15) is 0 Å². The van der Waals surface area contributed by atoms with Gasteiger partial charge in [0.05, 0.1) is 22.3 Å². The maximum atomic E-state index is 13.9. The second kappa shape index (κ2) is 7.94. The fourth-order valence-electron chi connectivity index (χ4n) is 6.91. The summed E-state index contributed by atoms with van der Waals surface area (Å²) in [6.07, 6.45) is 0.950. The molecule has 2 aromatic carbocycles. The van der Waals surface area contributed by atoms with Crippen molar-refractivity contribution in [2.45, 2.75) is 44.8 Å². The highest BCUT2D eigenvalue weighted by Gasteiger charge is 2.81. The van der Waals surface area contributed by atoms with Crippen molar-refractivity contribution in [2.75, 3.05) is 13.1 Å². The zero-order chi connectivity index (χ0) is 27.3. The topological polar surface area (TPSA) is 97.1 Å². The normalized spacial score (nSPS) is 25.9. The molecule has 2 unspecified atom stereocenters. The Kier molecular flexibility index (Phi) is 4.87. The molecular weight excluding hydrogens is 495 g/mol. The molecule has 3 fully saturated rings. The van der Waals surface area contributed by atoms with Gasteiger partial charge >= 0.3 is 0 Å². The Hall–Kier alpha value is -4.14. The van der Waals surface area contributed by atoms with Gasteiger partial charge in [-0.1, -0.05) is 32.6 Å². The number of likely N-dealkylation sites (tertiary alicyclic amines) is 2. The highest BCUT2D eigenvalue weighted by Crippen LogP contribution is 2.71. The minimum atomic E-state index is -0.675. The van der Waals surface area contributed by atoms with E-state index < -0.39 is 6.04 Å². The maximum absolute atomic E-state index is 13.9. The lowest BCUT2D eigenvalue weighted by atomic mass is 9.73. The lowest BCUT2D eigenvalue weighted by molar-refractivity contribution is -0.135. The van der Waals surface area contributed by atoms with Crippen LogP contribution in [0.4, 0.5) is 4.39 Å². The van der Waals surface area contributed by atoms with Gasteiger partial charge in [-0.3, -0.25) is 9.59 Å². The quantitative estimate of drug-likeness (QED) is 0.349. The van der Waals surface area contributed by atoms with Crippen LogP contribution in [0.25, 0.3) is 27.6 Å². The molecule has 7 rings (SSSR count). The van der Waals surface area contributed by atoms with Gasteiger partial charge in [0.15, 0.2) is 5.82 Å². The van der Waals surface area contributed by atoms with Crippen molar-refractivity contribution in [2.24, 2.45) is 11.3 Å². The van der Waals surface area contributed by atoms with Gasteiger partial charge in [0.2, 0.25) is 5.91 Å². The fourth-order valence-corrected chi connectivity index (χ4v) is 6.91. The van der Waals surface area contributed by atoms with E-state index in [-0.39, 0.29) is 40.5 Å². The molecule has 1 spiro atoms. The monoisotopic (exact) mass is 526 g/mol. The van der Waals surface area contributed by atoms with Crippen LogP contribution in [-0.4, -0.2) is 67.3 Å². The summed E-state index contributed by atoms with van der Waals surface area (Å²) >= 11 is 0. The maximum Gasteiger partial charge on any atom is 0.268 e. The molecule has 2 amide bonds. The molecule has 4 aromatic rings. The number of hydrogen-bond donors (Lipinski definition) is 3. The van der Waals surface area contributed by atoms with E-state index in [2.05, 4.69) is 33.7 Å². The van der Waals surface area contributed by atoms with E-state index in [0.29, 0.717) is 23.1 Å². The van der Waals surface area contributed by atoms with Crippen molar-refractivity contribution >= 4 is 39.4 Å². The van der Waals surface area contributed by atoms with Crippen molar-refractivity contribution in [1.82, 2.24) is 30.1 Å². The number of rotatable bonds is 6. The number of aromatic nitrogens is 3. The number of benzene rings is 2. The number of nitrogens with zero attached hydrogens (tertiary/aromatic N) is 3. The minimum Gasteiger partial charge on any atom is -0.360 e. The molecule has 1 saturated carbocycles. The molecule has 2 aliphatic heterocycles. The fraction of sp³-hybridized carbons (Fsp3) is 0.367. The van der Waals surface area contributed by atoms with Crippen LogP contribution in [0.15, 0.2) is 55.1 Å². The van der Waals surface area contributed by atoms with Crippen LogP contribution in [0.3, 0.4) is 0 Å². The number of fused-ring (bicyclic) bond motifs is 2. The molecule has 3 N–H and O–H groups in total. The number of para-hydroxylation sites is 2. The number of aromatic amines is 2. The van der Waals surface area contributed by atoms with E-state index >= 15 is 0 Å². The van der Waals surface area contributed by atoms with Crippen LogP contribution >= 0.6 is 0 Å². The summed E-state index contributed by atoms with van der Waals surface area (Å²) in [5, 5.41) is 3.57. The van der Waals surface area contributed by atoms with Crippen LogP contribution in [0.1, 0.15) is 43.5 Å². The van der Waals surface area contributed by atoms with E-state index in [9.17, 15) is 14.0 Å². The molecule has 8 nitrogen and oxygen atoms in total. The Morgan fingerprint density at radius 1 is 1.13 bits per heavy atom. The Balaban J connectivity index is 1.09. The van der Waals surface area contributed by atoms with E-state index in [1.54, 1.807) is 12.1 Å². The first kappa shape index (κ1) is 23.9. The van der Waals surface area contributed by atoms with Crippen molar-refractivity contribution < 1.29 is 14.0 Å². The number of nitrogens with one attached hydrogen (secondary N) is 3. The number of piperidine rings is 1. The van der Waals surface area contributed by atoms with Crippen LogP contribution in [0.2, 0.25) is 0 Å². The third kappa shape index (κ3) is 3.31. The first-order valence-corrected chi connectivity index (χ1v) is 13.4. The molecule has 1 aliphatic carbocycles. The molecule has 4 atom stereocenters. The molecule has 2 aromatic heterocycles. The highest BCUT2D eigenvalue weighted by molar-refractivity contribution is 6.00. The predicted molar refractivity (Wildman–Crippen MR) is 147 cm³/mol. The molecule has 39 heavy (non-hydrogen) atoms. The molecule has 9 heteroatoms. The van der Waals surface area contributed by atoms with E-state index in [0.717, 1.165) is 35.5 Å². The van der Waals surface area contributed by atoms with Crippen molar-refractivity contribution in [3.63, 3.8) is 0 Å². The first-order chi connectivity index (χ1) is 18.6. The van der Waals surface area contributed by atoms with Crippen LogP contribution in [0.5, 0.6) is 0 Å². The lowest BCUT2D eigenvalue weighted by Crippen LogP contribution is -2.67. The third-order valence-corrected chi connectivity index (χ3v) is 9.32. The number of hydrogen-bond acceptors (Lipinski definition) is 4. The number of imidazole rings is 1. The number of halogens is 1. The van der Waals surface area contributed by atoms with Crippen LogP contribution < -0.4 is 5.32 Å². The van der Waals surface area contributed by atoms with Crippen molar-refractivity contribution in [3.8, 4) is 0 Å². The summed E-state index contributed by atoms with van der Waals surface area (Å²) in [6, 6.07) is 13.3. The lowest BCUT2D eigenvalue weighted by Gasteiger charge is -2.57. The summed E-state index contributed by atoms with van der Waals surface area (Å²) < 4.78 is 13.6. The van der Waals surface area contributed by atoms with Crippen molar-refractivity contribution in [3.05, 3.63) is 72.4 Å². The van der Waals surface area contributed by atoms with Gasteiger partial charge in [-0.15, -0.1) is 0 Å². The molecule has 0 bridgehead atoms. The number of amides is 2. The van der Waals surface area contributed by atoms with Gasteiger partial charge in [0.1, 0.15) is 17.6 Å². The Labute approximate surface area is 225 Å². The van der Waals surface area contributed by atoms with E-state index in [1.807, 2.05) is 43.0 Å². The SMILES string of the molecule is C=C(c1nc2ccccc2[nH]1)N1CC23CC2N(C(=O)[C@@H](NC(=O)c2cc4cc(F)ccc4[nH]2)C(C)C)C[C@@]13C. The summed E-state index contributed by atoms with van der Waals surface area (Å²) in [4.78, 5) is 42.5. The standard InChI is InChI=1S/C30H31FN6O2/c1-16(2)25(35-27(38)23-12-18-11-19(31)9-10-20(18)32-23)28(39)36-14-29(4)30(13-24(30)36)15-37(29)17(3)26-33-21-7-5-6-8-22(21)34-26/h5-12,16,24-25,32H,3,13-15H2,1-2,4H3,(H,33,34)(H,35,38)/t24?,25-,29+,30?/m0/s1. The smallest absolute Gasteiger partial charge is 0.268 e. The van der Waals surface area contributed by atoms with Gasteiger partial charge in [0.25, 0.3) is 5.91 Å². The Bertz CT molecular complexity index is 1660. The zero-order valence-electron chi connectivity index (χ0n) is 22.2. The number of carbonyl (C=O) groups excluding carboxylic acids is 2. The van der Waals surface area contributed by atoms with Gasteiger partial charge in [-0.25, -0.2) is 9.37 Å². The highest BCUT2D eigenvalue weighted by atomic mass is 19.1. The first-order valence-electron chi connectivity index (χ1n) is 13.4. The summed E-state index contributed by atoms with van der Waals surface area (Å²) in [7, 11) is 0. The molecule has 4 heterocycles. The summed E-state index contributed by atoms with van der Waals surface area (Å²) in [5.74, 6) is -0.161. The average Bonchev–Trinajstić information content (AvgIpc) is 3.22. The number of carbonyl (C=O) groups is 2. The molecule has 3 aliphatic rings. The molecule has 0 radical (unpaired) electrons.